The van der Waals surface area contributed by atoms with Crippen LogP contribution in [0.25, 0.3) is 16.8 Å². The van der Waals surface area contributed by atoms with Crippen molar-refractivity contribution in [2.24, 2.45) is 0 Å². The number of carbonyl (C=O) groups excluding carboxylic acids is 2. The predicted octanol–water partition coefficient (Wildman–Crippen LogP) is 3.69. The minimum atomic E-state index is -0.513. The number of nitrogens with one attached hydrogen (secondary N) is 2. The molecule has 32 heavy (non-hydrogen) atoms. The van der Waals surface area contributed by atoms with E-state index in [9.17, 15) is 9.59 Å². The largest absolute Gasteiger partial charge is 0.483 e. The fourth-order valence-electron chi connectivity index (χ4n) is 3.23. The van der Waals surface area contributed by atoms with Gasteiger partial charge in [-0.15, -0.1) is 0 Å². The van der Waals surface area contributed by atoms with Gasteiger partial charge in [0.2, 0.25) is 0 Å². The Balaban J connectivity index is 1.34. The summed E-state index contributed by atoms with van der Waals surface area (Å²) < 4.78 is 7.36. The first-order valence-electron chi connectivity index (χ1n) is 10.1. The standard InChI is InChI=1S/C25H22N4O3/c1-18-16-22(28-29(18)20-12-6-3-7-13-20)25(31)27-26-24(30)17-32-23-15-9-8-14-21(23)19-10-4-2-5-11-19/h2-16H,17H2,1H3,(H,26,30)(H,27,31). The van der Waals surface area contributed by atoms with Crippen molar-refractivity contribution < 1.29 is 14.3 Å². The van der Waals surface area contributed by atoms with Crippen LogP contribution in [0.15, 0.2) is 91.0 Å². The zero-order valence-electron chi connectivity index (χ0n) is 17.5. The number of rotatable bonds is 6. The van der Waals surface area contributed by atoms with E-state index in [0.717, 1.165) is 22.5 Å². The van der Waals surface area contributed by atoms with Gasteiger partial charge < -0.3 is 4.74 Å². The Morgan fingerprint density at radius 2 is 1.53 bits per heavy atom. The van der Waals surface area contributed by atoms with Gasteiger partial charge in [0.25, 0.3) is 11.8 Å². The first kappa shape index (κ1) is 20.9. The molecule has 3 aromatic carbocycles. The number of hydrazine groups is 1. The number of hydrogen-bond acceptors (Lipinski definition) is 4. The molecular formula is C25H22N4O3. The van der Waals surface area contributed by atoms with Gasteiger partial charge in [-0.05, 0) is 36.8 Å². The maximum Gasteiger partial charge on any atom is 0.290 e. The molecule has 160 valence electrons. The highest BCUT2D eigenvalue weighted by atomic mass is 16.5. The van der Waals surface area contributed by atoms with Crippen LogP contribution in [-0.4, -0.2) is 28.2 Å². The Labute approximate surface area is 185 Å². The highest BCUT2D eigenvalue weighted by Gasteiger charge is 2.14. The number of hydrogen-bond donors (Lipinski definition) is 2. The molecule has 0 aliphatic heterocycles. The third kappa shape index (κ3) is 4.84. The molecule has 0 fully saturated rings. The minimum absolute atomic E-state index is 0.196. The molecule has 0 saturated carbocycles. The summed E-state index contributed by atoms with van der Waals surface area (Å²) in [5, 5.41) is 4.32. The van der Waals surface area contributed by atoms with Gasteiger partial charge in [0, 0.05) is 11.3 Å². The molecule has 7 heteroatoms. The smallest absolute Gasteiger partial charge is 0.290 e. The third-order valence-electron chi connectivity index (χ3n) is 4.77. The summed E-state index contributed by atoms with van der Waals surface area (Å²) in [5.74, 6) is -0.418. The Bertz CT molecular complexity index is 1220. The molecule has 7 nitrogen and oxygen atoms in total. The number of amides is 2. The normalized spacial score (nSPS) is 10.4. The Morgan fingerprint density at radius 3 is 2.28 bits per heavy atom. The first-order valence-corrected chi connectivity index (χ1v) is 10.1. The Kier molecular flexibility index (Phi) is 6.27. The van der Waals surface area contributed by atoms with Crippen molar-refractivity contribution >= 4 is 11.8 Å². The molecule has 2 N–H and O–H groups in total. The molecule has 0 radical (unpaired) electrons. The van der Waals surface area contributed by atoms with E-state index in [2.05, 4.69) is 16.0 Å². The number of aryl methyl sites for hydroxylation is 1. The average Bonchev–Trinajstić information content (AvgIpc) is 3.24. The van der Waals surface area contributed by atoms with Crippen LogP contribution in [0.2, 0.25) is 0 Å². The van der Waals surface area contributed by atoms with Gasteiger partial charge in [-0.25, -0.2) is 4.68 Å². The number of para-hydroxylation sites is 2. The zero-order valence-corrected chi connectivity index (χ0v) is 17.5. The number of ether oxygens (including phenoxy) is 1. The van der Waals surface area contributed by atoms with E-state index >= 15 is 0 Å². The molecule has 1 aromatic heterocycles. The highest BCUT2D eigenvalue weighted by molar-refractivity contribution is 5.94. The molecular weight excluding hydrogens is 404 g/mol. The van der Waals surface area contributed by atoms with Crippen molar-refractivity contribution in [2.45, 2.75) is 6.92 Å². The maximum atomic E-state index is 12.4. The lowest BCUT2D eigenvalue weighted by Gasteiger charge is -2.12. The van der Waals surface area contributed by atoms with Crippen LogP contribution >= 0.6 is 0 Å². The zero-order chi connectivity index (χ0) is 22.3. The van der Waals surface area contributed by atoms with Gasteiger partial charge in [-0.2, -0.15) is 5.10 Å². The van der Waals surface area contributed by atoms with Gasteiger partial charge >= 0.3 is 0 Å². The molecule has 0 atom stereocenters. The molecule has 4 aromatic rings. The molecule has 4 rings (SSSR count). The third-order valence-corrected chi connectivity index (χ3v) is 4.77. The molecule has 1 heterocycles. The topological polar surface area (TPSA) is 85.2 Å². The van der Waals surface area contributed by atoms with Crippen LogP contribution < -0.4 is 15.6 Å². The monoisotopic (exact) mass is 426 g/mol. The lowest BCUT2D eigenvalue weighted by atomic mass is 10.1. The lowest BCUT2D eigenvalue weighted by molar-refractivity contribution is -0.123. The second-order valence-electron chi connectivity index (χ2n) is 7.07. The fraction of sp³-hybridized carbons (Fsp3) is 0.0800. The molecule has 0 unspecified atom stereocenters. The van der Waals surface area contributed by atoms with E-state index in [4.69, 9.17) is 4.74 Å². The van der Waals surface area contributed by atoms with Crippen molar-refractivity contribution in [3.05, 3.63) is 102 Å². The Hall–Kier alpha value is -4.39. The molecule has 0 spiro atoms. The number of aromatic nitrogens is 2. The first-order chi connectivity index (χ1) is 15.6. The van der Waals surface area contributed by atoms with Crippen LogP contribution in [-0.2, 0) is 4.79 Å². The minimum Gasteiger partial charge on any atom is -0.483 e. The second-order valence-corrected chi connectivity index (χ2v) is 7.07. The van der Waals surface area contributed by atoms with Gasteiger partial charge in [0.1, 0.15) is 5.75 Å². The molecule has 0 bridgehead atoms. The summed E-state index contributed by atoms with van der Waals surface area (Å²) >= 11 is 0. The van der Waals surface area contributed by atoms with E-state index < -0.39 is 11.8 Å². The van der Waals surface area contributed by atoms with E-state index in [-0.39, 0.29) is 12.3 Å². The van der Waals surface area contributed by atoms with Gasteiger partial charge in [-0.3, -0.25) is 20.4 Å². The van der Waals surface area contributed by atoms with E-state index in [1.54, 1.807) is 16.8 Å². The van der Waals surface area contributed by atoms with Gasteiger partial charge in [-0.1, -0.05) is 66.7 Å². The average molecular weight is 426 g/mol. The van der Waals surface area contributed by atoms with Crippen LogP contribution in [0.5, 0.6) is 5.75 Å². The number of carbonyl (C=O) groups is 2. The highest BCUT2D eigenvalue weighted by Crippen LogP contribution is 2.29. The van der Waals surface area contributed by atoms with Crippen molar-refractivity contribution in [2.75, 3.05) is 6.61 Å². The predicted molar refractivity (Wildman–Crippen MR) is 121 cm³/mol. The van der Waals surface area contributed by atoms with Gasteiger partial charge in [0.15, 0.2) is 12.3 Å². The maximum absolute atomic E-state index is 12.4. The van der Waals surface area contributed by atoms with Crippen molar-refractivity contribution in [1.82, 2.24) is 20.6 Å². The lowest BCUT2D eigenvalue weighted by Crippen LogP contribution is -2.44. The summed E-state index contributed by atoms with van der Waals surface area (Å²) in [6, 6.07) is 28.4. The van der Waals surface area contributed by atoms with Crippen molar-refractivity contribution in [3.8, 4) is 22.6 Å². The van der Waals surface area contributed by atoms with Crippen LogP contribution in [0.3, 0.4) is 0 Å². The fourth-order valence-corrected chi connectivity index (χ4v) is 3.23. The summed E-state index contributed by atoms with van der Waals surface area (Å²) in [6.07, 6.45) is 0. The van der Waals surface area contributed by atoms with Crippen LogP contribution in [0, 0.1) is 6.92 Å². The van der Waals surface area contributed by atoms with Crippen molar-refractivity contribution in [1.29, 1.82) is 0 Å². The van der Waals surface area contributed by atoms with E-state index in [0.29, 0.717) is 5.75 Å². The summed E-state index contributed by atoms with van der Waals surface area (Å²) in [6.45, 7) is 1.61. The molecule has 0 aliphatic carbocycles. The van der Waals surface area contributed by atoms with Gasteiger partial charge in [0.05, 0.1) is 5.69 Å². The summed E-state index contributed by atoms with van der Waals surface area (Å²) in [5.41, 5.74) is 8.46. The molecule has 0 aliphatic rings. The van der Waals surface area contributed by atoms with E-state index in [1.807, 2.05) is 85.8 Å². The van der Waals surface area contributed by atoms with E-state index in [1.165, 1.54) is 0 Å². The van der Waals surface area contributed by atoms with Crippen molar-refractivity contribution in [3.63, 3.8) is 0 Å². The quantitative estimate of drug-likeness (QED) is 0.461. The molecule has 2 amide bonds. The number of benzene rings is 3. The Morgan fingerprint density at radius 1 is 0.875 bits per heavy atom. The summed E-state index contributed by atoms with van der Waals surface area (Å²) in [7, 11) is 0. The summed E-state index contributed by atoms with van der Waals surface area (Å²) in [4.78, 5) is 24.6. The second kappa shape index (κ2) is 9.61. The molecule has 0 saturated heterocycles. The van der Waals surface area contributed by atoms with Crippen LogP contribution in [0.4, 0.5) is 0 Å². The SMILES string of the molecule is Cc1cc(C(=O)NNC(=O)COc2ccccc2-c2ccccc2)nn1-c1ccccc1. The number of nitrogens with zero attached hydrogens (tertiary/aromatic N) is 2. The van der Waals surface area contributed by atoms with Crippen LogP contribution in [0.1, 0.15) is 16.2 Å².